The minimum atomic E-state index is 0.443. The van der Waals surface area contributed by atoms with E-state index in [1.165, 1.54) is 22.4 Å². The largest absolute Gasteiger partial charge is 0.310 e. The van der Waals surface area contributed by atoms with E-state index < -0.39 is 0 Å². The lowest BCUT2D eigenvalue weighted by atomic mass is 9.87. The summed E-state index contributed by atoms with van der Waals surface area (Å²) in [7, 11) is 0. The highest BCUT2D eigenvalue weighted by Crippen LogP contribution is 2.36. The lowest BCUT2D eigenvalue weighted by Gasteiger charge is -2.26. The van der Waals surface area contributed by atoms with E-state index in [9.17, 15) is 0 Å². The molecule has 5 aromatic rings. The molecule has 0 aromatic heterocycles. The Hall–Kier alpha value is -3.14. The highest BCUT2D eigenvalue weighted by atomic mass is 79.9. The van der Waals surface area contributed by atoms with Crippen LogP contribution >= 0.6 is 31.9 Å². The Morgan fingerprint density at radius 2 is 1.08 bits per heavy atom. The summed E-state index contributed by atoms with van der Waals surface area (Å²) in [6.07, 6.45) is 3.16. The molecule has 1 nitrogen and oxygen atoms in total. The van der Waals surface area contributed by atoms with Crippen molar-refractivity contribution in [3.63, 3.8) is 0 Å². The molecule has 0 saturated heterocycles. The van der Waals surface area contributed by atoms with E-state index in [-0.39, 0.29) is 0 Å². The zero-order valence-corrected chi connectivity index (χ0v) is 23.8. The molecule has 0 aliphatic carbocycles. The molecular weight excluding hydrogens is 582 g/mol. The highest BCUT2D eigenvalue weighted by molar-refractivity contribution is 9.10. The fourth-order valence-electron chi connectivity index (χ4n) is 4.83. The molecule has 0 amide bonds. The number of aryl methyl sites for hydroxylation is 1. The van der Waals surface area contributed by atoms with Gasteiger partial charge in [-0.05, 0) is 103 Å². The molecule has 184 valence electrons. The van der Waals surface area contributed by atoms with Gasteiger partial charge in [-0.2, -0.15) is 0 Å². The normalized spacial score (nSPS) is 11.7. The van der Waals surface area contributed by atoms with E-state index in [2.05, 4.69) is 170 Å². The summed E-state index contributed by atoms with van der Waals surface area (Å²) in [5.74, 6) is 0.443. The van der Waals surface area contributed by atoms with Crippen LogP contribution in [0, 0.1) is 0 Å². The number of benzene rings is 5. The van der Waals surface area contributed by atoms with Crippen molar-refractivity contribution in [2.45, 2.75) is 25.2 Å². The number of hydrogen-bond acceptors (Lipinski definition) is 1. The second kappa shape index (κ2) is 12.4. The average molecular weight is 611 g/mol. The molecule has 1 unspecified atom stereocenters. The van der Waals surface area contributed by atoms with Crippen LogP contribution in [0.15, 0.2) is 142 Å². The molecule has 0 spiro atoms. The Bertz CT molecular complexity index is 1400. The molecule has 37 heavy (non-hydrogen) atoms. The Balaban J connectivity index is 1.44. The van der Waals surface area contributed by atoms with Gasteiger partial charge in [0.15, 0.2) is 0 Å². The van der Waals surface area contributed by atoms with Crippen LogP contribution in [0.4, 0.5) is 17.1 Å². The van der Waals surface area contributed by atoms with Crippen molar-refractivity contribution in [3.8, 4) is 0 Å². The van der Waals surface area contributed by atoms with Gasteiger partial charge in [0.05, 0.1) is 0 Å². The Kier molecular flexibility index (Phi) is 8.55. The van der Waals surface area contributed by atoms with Gasteiger partial charge in [0.1, 0.15) is 0 Å². The van der Waals surface area contributed by atoms with Crippen molar-refractivity contribution in [3.05, 3.63) is 159 Å². The lowest BCUT2D eigenvalue weighted by molar-refractivity contribution is 0.621. The van der Waals surface area contributed by atoms with Crippen molar-refractivity contribution < 1.29 is 0 Å². The minimum Gasteiger partial charge on any atom is -0.310 e. The van der Waals surface area contributed by atoms with Gasteiger partial charge in [-0.25, -0.2) is 0 Å². The van der Waals surface area contributed by atoms with Crippen molar-refractivity contribution in [1.29, 1.82) is 0 Å². The molecule has 3 heteroatoms. The number of rotatable bonds is 9. The SMILES string of the molecule is Brc1ccc(CCC(Cc2cccc(N(c3ccccc3)c3ccc(Br)cc3)c2)c2ccccc2)cc1. The van der Waals surface area contributed by atoms with Gasteiger partial charge >= 0.3 is 0 Å². The fourth-order valence-corrected chi connectivity index (χ4v) is 5.35. The van der Waals surface area contributed by atoms with Crippen LogP contribution in [-0.2, 0) is 12.8 Å². The zero-order valence-electron chi connectivity index (χ0n) is 20.6. The second-order valence-electron chi connectivity index (χ2n) is 9.29. The molecule has 1 atom stereocenters. The first-order valence-electron chi connectivity index (χ1n) is 12.6. The summed E-state index contributed by atoms with van der Waals surface area (Å²) in [5.41, 5.74) is 7.59. The number of anilines is 3. The maximum Gasteiger partial charge on any atom is 0.0464 e. The first-order valence-corrected chi connectivity index (χ1v) is 14.2. The summed E-state index contributed by atoms with van der Waals surface area (Å²) in [6.45, 7) is 0. The summed E-state index contributed by atoms with van der Waals surface area (Å²) < 4.78 is 2.20. The third-order valence-corrected chi connectivity index (χ3v) is 7.77. The molecule has 5 aromatic carbocycles. The molecule has 0 radical (unpaired) electrons. The van der Waals surface area contributed by atoms with Crippen molar-refractivity contribution >= 4 is 48.9 Å². The summed E-state index contributed by atoms with van der Waals surface area (Å²) >= 11 is 7.14. The van der Waals surface area contributed by atoms with Gasteiger partial charge < -0.3 is 4.90 Å². The number of para-hydroxylation sites is 1. The standard InChI is InChI=1S/C34H29Br2N/c35-30-18-15-26(16-19-30)14-17-29(28-9-3-1-4-10-28)24-27-8-7-13-34(25-27)37(32-11-5-2-6-12-32)33-22-20-31(36)21-23-33/h1-13,15-16,18-23,25,29H,14,17,24H2. The summed E-state index contributed by atoms with van der Waals surface area (Å²) in [4.78, 5) is 2.33. The zero-order chi connectivity index (χ0) is 25.5. The number of nitrogens with zero attached hydrogens (tertiary/aromatic N) is 1. The topological polar surface area (TPSA) is 3.24 Å². The van der Waals surface area contributed by atoms with Gasteiger partial charge in [-0.1, -0.05) is 105 Å². The molecule has 0 bridgehead atoms. The Morgan fingerprint density at radius 3 is 1.76 bits per heavy atom. The third-order valence-electron chi connectivity index (χ3n) is 6.72. The quantitative estimate of drug-likeness (QED) is 0.160. The maximum atomic E-state index is 3.58. The van der Waals surface area contributed by atoms with Crippen molar-refractivity contribution in [2.24, 2.45) is 0 Å². The molecular formula is C34H29Br2N. The minimum absolute atomic E-state index is 0.443. The molecule has 5 rings (SSSR count). The Labute approximate surface area is 237 Å². The molecule has 0 saturated carbocycles. The van der Waals surface area contributed by atoms with Crippen LogP contribution in [0.1, 0.15) is 29.0 Å². The number of halogens is 2. The van der Waals surface area contributed by atoms with Gasteiger partial charge in [-0.3, -0.25) is 0 Å². The monoisotopic (exact) mass is 609 g/mol. The predicted octanol–water partition coefficient (Wildman–Crippen LogP) is 10.6. The van der Waals surface area contributed by atoms with E-state index in [1.807, 2.05) is 0 Å². The predicted molar refractivity (Wildman–Crippen MR) is 164 cm³/mol. The van der Waals surface area contributed by atoms with Gasteiger partial charge in [0.25, 0.3) is 0 Å². The summed E-state index contributed by atoms with van der Waals surface area (Å²) in [6, 6.07) is 47.8. The van der Waals surface area contributed by atoms with Gasteiger partial charge in [0.2, 0.25) is 0 Å². The van der Waals surface area contributed by atoms with Crippen LogP contribution < -0.4 is 4.90 Å². The van der Waals surface area contributed by atoms with E-state index >= 15 is 0 Å². The molecule has 0 heterocycles. The van der Waals surface area contributed by atoms with Crippen molar-refractivity contribution in [2.75, 3.05) is 4.90 Å². The number of hydrogen-bond donors (Lipinski definition) is 0. The van der Waals surface area contributed by atoms with E-state index in [0.29, 0.717) is 5.92 Å². The van der Waals surface area contributed by atoms with E-state index in [1.54, 1.807) is 0 Å². The first-order chi connectivity index (χ1) is 18.2. The van der Waals surface area contributed by atoms with E-state index in [4.69, 9.17) is 0 Å². The second-order valence-corrected chi connectivity index (χ2v) is 11.1. The Morgan fingerprint density at radius 1 is 0.514 bits per heavy atom. The first kappa shape index (κ1) is 25.5. The van der Waals surface area contributed by atoms with Crippen LogP contribution in [0.5, 0.6) is 0 Å². The third kappa shape index (κ3) is 6.80. The van der Waals surface area contributed by atoms with Crippen LogP contribution in [0.3, 0.4) is 0 Å². The molecule has 0 aliphatic heterocycles. The van der Waals surface area contributed by atoms with E-state index in [0.717, 1.165) is 39.6 Å². The molecule has 0 N–H and O–H groups in total. The summed E-state index contributed by atoms with van der Waals surface area (Å²) in [5, 5.41) is 0. The molecule has 0 fully saturated rings. The molecule has 0 aliphatic rings. The average Bonchev–Trinajstić information content (AvgIpc) is 2.94. The van der Waals surface area contributed by atoms with Crippen LogP contribution in [0.2, 0.25) is 0 Å². The lowest BCUT2D eigenvalue weighted by Crippen LogP contribution is -2.11. The maximum absolute atomic E-state index is 3.58. The highest BCUT2D eigenvalue weighted by Gasteiger charge is 2.16. The fraction of sp³-hybridized carbons (Fsp3) is 0.118. The van der Waals surface area contributed by atoms with Gasteiger partial charge in [-0.15, -0.1) is 0 Å². The smallest absolute Gasteiger partial charge is 0.0464 e. The van der Waals surface area contributed by atoms with Crippen LogP contribution in [0.25, 0.3) is 0 Å². The van der Waals surface area contributed by atoms with Crippen LogP contribution in [-0.4, -0.2) is 0 Å². The van der Waals surface area contributed by atoms with Gasteiger partial charge in [0, 0.05) is 26.0 Å². The van der Waals surface area contributed by atoms with Crippen molar-refractivity contribution in [1.82, 2.24) is 0 Å².